The number of nitrogens with zero attached hydrogens (tertiary/aromatic N) is 1. The van der Waals surface area contributed by atoms with E-state index in [0.717, 1.165) is 11.1 Å². The first kappa shape index (κ1) is 11.1. The van der Waals surface area contributed by atoms with Gasteiger partial charge in [-0.05, 0) is 25.0 Å². The Labute approximate surface area is 84.7 Å². The van der Waals surface area contributed by atoms with Crippen LogP contribution in [0.25, 0.3) is 0 Å². The second kappa shape index (κ2) is 4.53. The molecule has 1 heterocycles. The number of aryl methyl sites for hydroxylation is 1. The fraction of sp³-hybridized carbons (Fsp3) is 0.545. The van der Waals surface area contributed by atoms with Crippen molar-refractivity contribution in [2.45, 2.75) is 25.9 Å². The minimum Gasteiger partial charge on any atom is -0.383 e. The summed E-state index contributed by atoms with van der Waals surface area (Å²) >= 11 is 0. The lowest BCUT2D eigenvalue weighted by Gasteiger charge is -2.27. The summed E-state index contributed by atoms with van der Waals surface area (Å²) in [6.45, 7) is 4.20. The second-order valence-electron chi connectivity index (χ2n) is 3.51. The Hall–Kier alpha value is -0.930. The van der Waals surface area contributed by atoms with Crippen molar-refractivity contribution in [3.63, 3.8) is 0 Å². The first-order valence-electron chi connectivity index (χ1n) is 4.76. The molecular formula is C11H17NO2. The number of hydrogen-bond donors (Lipinski definition) is 1. The third-order valence-corrected chi connectivity index (χ3v) is 2.51. The minimum atomic E-state index is -0.910. The van der Waals surface area contributed by atoms with Gasteiger partial charge in [-0.3, -0.25) is 4.98 Å². The molecule has 0 aliphatic heterocycles. The molecule has 1 N–H and O–H groups in total. The van der Waals surface area contributed by atoms with Crippen LogP contribution in [0.1, 0.15) is 24.5 Å². The summed E-state index contributed by atoms with van der Waals surface area (Å²) in [5, 5.41) is 10.3. The predicted molar refractivity (Wildman–Crippen MR) is 55.0 cm³/mol. The van der Waals surface area contributed by atoms with E-state index in [2.05, 4.69) is 4.98 Å². The topological polar surface area (TPSA) is 42.4 Å². The summed E-state index contributed by atoms with van der Waals surface area (Å²) in [6, 6.07) is 1.89. The zero-order valence-electron chi connectivity index (χ0n) is 8.95. The Bertz CT molecular complexity index is 301. The molecule has 1 rings (SSSR count). The van der Waals surface area contributed by atoms with E-state index in [0.29, 0.717) is 13.0 Å². The zero-order chi connectivity index (χ0) is 10.6. The van der Waals surface area contributed by atoms with Crippen LogP contribution in [0.3, 0.4) is 0 Å². The van der Waals surface area contributed by atoms with Gasteiger partial charge in [0.15, 0.2) is 0 Å². The van der Waals surface area contributed by atoms with Gasteiger partial charge in [0.1, 0.15) is 5.60 Å². The van der Waals surface area contributed by atoms with Crippen LogP contribution in [0.5, 0.6) is 0 Å². The van der Waals surface area contributed by atoms with Gasteiger partial charge in [-0.2, -0.15) is 0 Å². The Morgan fingerprint density at radius 2 is 2.29 bits per heavy atom. The monoisotopic (exact) mass is 195 g/mol. The van der Waals surface area contributed by atoms with Gasteiger partial charge in [-0.1, -0.05) is 6.92 Å². The second-order valence-corrected chi connectivity index (χ2v) is 3.51. The number of aromatic nitrogens is 1. The highest BCUT2D eigenvalue weighted by atomic mass is 16.5. The molecule has 0 aliphatic carbocycles. The van der Waals surface area contributed by atoms with Crippen molar-refractivity contribution in [1.29, 1.82) is 0 Å². The van der Waals surface area contributed by atoms with E-state index >= 15 is 0 Å². The molecule has 0 amide bonds. The van der Waals surface area contributed by atoms with Gasteiger partial charge < -0.3 is 9.84 Å². The van der Waals surface area contributed by atoms with Gasteiger partial charge >= 0.3 is 0 Å². The summed E-state index contributed by atoms with van der Waals surface area (Å²) in [4.78, 5) is 4.03. The van der Waals surface area contributed by atoms with Crippen LogP contribution >= 0.6 is 0 Å². The molecule has 1 unspecified atom stereocenters. The molecule has 0 bridgehead atoms. The molecule has 3 nitrogen and oxygen atoms in total. The molecule has 0 spiro atoms. The average Bonchev–Trinajstić information content (AvgIpc) is 2.18. The molecular weight excluding hydrogens is 178 g/mol. The molecule has 3 heteroatoms. The summed E-state index contributed by atoms with van der Waals surface area (Å²) in [7, 11) is 1.59. The normalized spacial score (nSPS) is 15.1. The van der Waals surface area contributed by atoms with Crippen LogP contribution in [0.15, 0.2) is 18.5 Å². The molecule has 0 aliphatic rings. The lowest BCUT2D eigenvalue weighted by atomic mass is 9.90. The van der Waals surface area contributed by atoms with Crippen LogP contribution in [0, 0.1) is 6.92 Å². The number of aliphatic hydroxyl groups is 1. The fourth-order valence-electron chi connectivity index (χ4n) is 1.56. The van der Waals surface area contributed by atoms with E-state index in [1.54, 1.807) is 19.5 Å². The summed E-state index contributed by atoms with van der Waals surface area (Å²) in [6.07, 6.45) is 4.05. The molecule has 1 aromatic rings. The van der Waals surface area contributed by atoms with Crippen molar-refractivity contribution in [1.82, 2.24) is 4.98 Å². The molecule has 14 heavy (non-hydrogen) atoms. The van der Waals surface area contributed by atoms with Crippen LogP contribution in [0.2, 0.25) is 0 Å². The van der Waals surface area contributed by atoms with E-state index in [9.17, 15) is 5.11 Å². The summed E-state index contributed by atoms with van der Waals surface area (Å²) in [5.41, 5.74) is 0.985. The first-order chi connectivity index (χ1) is 6.64. The molecule has 0 radical (unpaired) electrons. The maximum absolute atomic E-state index is 10.3. The highest BCUT2D eigenvalue weighted by molar-refractivity contribution is 5.27. The number of hydrogen-bond acceptors (Lipinski definition) is 3. The van der Waals surface area contributed by atoms with Crippen molar-refractivity contribution in [3.05, 3.63) is 29.6 Å². The minimum absolute atomic E-state index is 0.302. The third kappa shape index (κ3) is 2.11. The van der Waals surface area contributed by atoms with E-state index < -0.39 is 5.60 Å². The predicted octanol–water partition coefficient (Wildman–Crippen LogP) is 1.63. The lowest BCUT2D eigenvalue weighted by molar-refractivity contribution is -0.0392. The SMILES string of the molecule is CCC(O)(COC)c1cnccc1C. The Balaban J connectivity index is 3.05. The maximum atomic E-state index is 10.3. The van der Waals surface area contributed by atoms with Gasteiger partial charge in [-0.25, -0.2) is 0 Å². The van der Waals surface area contributed by atoms with Gasteiger partial charge in [0.25, 0.3) is 0 Å². The van der Waals surface area contributed by atoms with E-state index in [1.165, 1.54) is 0 Å². The van der Waals surface area contributed by atoms with Crippen molar-refractivity contribution in [3.8, 4) is 0 Å². The van der Waals surface area contributed by atoms with E-state index in [1.807, 2.05) is 19.9 Å². The van der Waals surface area contributed by atoms with Gasteiger partial charge in [0.05, 0.1) is 6.61 Å². The smallest absolute Gasteiger partial charge is 0.114 e. The van der Waals surface area contributed by atoms with Gasteiger partial charge in [0, 0.05) is 25.1 Å². The average molecular weight is 195 g/mol. The third-order valence-electron chi connectivity index (χ3n) is 2.51. The summed E-state index contributed by atoms with van der Waals surface area (Å²) in [5.74, 6) is 0. The Kier molecular flexibility index (Phi) is 3.61. The largest absolute Gasteiger partial charge is 0.383 e. The number of methoxy groups -OCH3 is 1. The van der Waals surface area contributed by atoms with Crippen LogP contribution in [-0.2, 0) is 10.3 Å². The van der Waals surface area contributed by atoms with Crippen molar-refractivity contribution in [2.75, 3.05) is 13.7 Å². The van der Waals surface area contributed by atoms with Crippen LogP contribution < -0.4 is 0 Å². The fourth-order valence-corrected chi connectivity index (χ4v) is 1.56. The van der Waals surface area contributed by atoms with Crippen molar-refractivity contribution in [2.24, 2.45) is 0 Å². The molecule has 78 valence electrons. The van der Waals surface area contributed by atoms with Crippen LogP contribution in [0.4, 0.5) is 0 Å². The standard InChI is InChI=1S/C11H17NO2/c1-4-11(13,8-14-3)10-7-12-6-5-9(10)2/h5-7,13H,4,8H2,1-3H3. The molecule has 0 aromatic carbocycles. The Morgan fingerprint density at radius 1 is 1.57 bits per heavy atom. The molecule has 0 fully saturated rings. The Morgan fingerprint density at radius 3 is 2.79 bits per heavy atom. The molecule has 1 aromatic heterocycles. The van der Waals surface area contributed by atoms with E-state index in [-0.39, 0.29) is 0 Å². The van der Waals surface area contributed by atoms with Crippen molar-refractivity contribution >= 4 is 0 Å². The lowest BCUT2D eigenvalue weighted by Crippen LogP contribution is -2.31. The summed E-state index contributed by atoms with van der Waals surface area (Å²) < 4.78 is 5.03. The van der Waals surface area contributed by atoms with Crippen molar-refractivity contribution < 1.29 is 9.84 Å². The molecule has 0 saturated carbocycles. The number of pyridine rings is 1. The number of rotatable bonds is 4. The van der Waals surface area contributed by atoms with E-state index in [4.69, 9.17) is 4.74 Å². The van der Waals surface area contributed by atoms with Gasteiger partial charge in [0.2, 0.25) is 0 Å². The van der Waals surface area contributed by atoms with Crippen LogP contribution in [-0.4, -0.2) is 23.8 Å². The molecule has 1 atom stereocenters. The highest BCUT2D eigenvalue weighted by Gasteiger charge is 2.28. The number of ether oxygens (including phenoxy) is 1. The zero-order valence-corrected chi connectivity index (χ0v) is 8.95. The highest BCUT2D eigenvalue weighted by Crippen LogP contribution is 2.26. The maximum Gasteiger partial charge on any atom is 0.114 e. The van der Waals surface area contributed by atoms with Gasteiger partial charge in [-0.15, -0.1) is 0 Å². The molecule has 0 saturated heterocycles. The quantitative estimate of drug-likeness (QED) is 0.794. The first-order valence-corrected chi connectivity index (χ1v) is 4.76.